The molecule has 0 amide bonds. The minimum absolute atomic E-state index is 0.0397. The van der Waals surface area contributed by atoms with Crippen LogP contribution >= 0.6 is 11.3 Å². The summed E-state index contributed by atoms with van der Waals surface area (Å²) in [6.45, 7) is 2.42. The predicted molar refractivity (Wildman–Crippen MR) is 74.0 cm³/mol. The summed E-state index contributed by atoms with van der Waals surface area (Å²) in [5.41, 5.74) is 8.53. The van der Waals surface area contributed by atoms with Gasteiger partial charge in [0.25, 0.3) is 0 Å². The summed E-state index contributed by atoms with van der Waals surface area (Å²) in [7, 11) is 1.61. The third kappa shape index (κ3) is 2.57. The largest absolute Gasteiger partial charge is 0.383 e. The number of hydrogen-bond donors (Lipinski definition) is 2. The van der Waals surface area contributed by atoms with Crippen molar-refractivity contribution in [3.63, 3.8) is 0 Å². The van der Waals surface area contributed by atoms with Crippen LogP contribution in [0.2, 0.25) is 0 Å². The van der Waals surface area contributed by atoms with E-state index in [1.54, 1.807) is 7.11 Å². The number of amidine groups is 1. The van der Waals surface area contributed by atoms with E-state index in [0.29, 0.717) is 11.5 Å². The van der Waals surface area contributed by atoms with Gasteiger partial charge in [-0.05, 0) is 6.92 Å². The summed E-state index contributed by atoms with van der Waals surface area (Å²) in [5, 5.41) is 8.43. The van der Waals surface area contributed by atoms with Crippen molar-refractivity contribution in [2.75, 3.05) is 7.11 Å². The van der Waals surface area contributed by atoms with Crippen molar-refractivity contribution in [3.05, 3.63) is 40.4 Å². The zero-order valence-corrected chi connectivity index (χ0v) is 11.2. The molecule has 3 N–H and O–H groups in total. The van der Waals surface area contributed by atoms with Gasteiger partial charge >= 0.3 is 0 Å². The molecule has 0 unspecified atom stereocenters. The molecule has 4 nitrogen and oxygen atoms in total. The predicted octanol–water partition coefficient (Wildman–Crippen LogP) is 2.55. The first-order valence-corrected chi connectivity index (χ1v) is 6.33. The molecule has 0 radical (unpaired) electrons. The zero-order chi connectivity index (χ0) is 13.1. The normalized spacial score (nSPS) is 10.6. The van der Waals surface area contributed by atoms with E-state index in [9.17, 15) is 0 Å². The van der Waals surface area contributed by atoms with Gasteiger partial charge in [-0.25, -0.2) is 4.98 Å². The van der Waals surface area contributed by atoms with Crippen molar-refractivity contribution in [2.24, 2.45) is 5.73 Å². The second-order valence-electron chi connectivity index (χ2n) is 4.01. The second-order valence-corrected chi connectivity index (χ2v) is 5.01. The van der Waals surface area contributed by atoms with Crippen LogP contribution in [0.5, 0.6) is 0 Å². The van der Waals surface area contributed by atoms with E-state index in [1.807, 2.05) is 31.2 Å². The fourth-order valence-electron chi connectivity index (χ4n) is 1.62. The maximum Gasteiger partial charge on any atom is 0.135 e. The summed E-state index contributed by atoms with van der Waals surface area (Å²) in [6, 6.07) is 8.13. The molecule has 0 aliphatic rings. The van der Waals surface area contributed by atoms with Gasteiger partial charge in [-0.2, -0.15) is 0 Å². The van der Waals surface area contributed by atoms with Gasteiger partial charge in [0.15, 0.2) is 0 Å². The number of methoxy groups -OCH3 is 1. The maximum atomic E-state index is 7.56. The number of nitrogens with two attached hydrogens (primary N) is 1. The number of nitrogen functional groups attached to an aromatic ring is 1. The highest BCUT2D eigenvalue weighted by Gasteiger charge is 2.14. The quantitative estimate of drug-likeness (QED) is 0.656. The highest BCUT2D eigenvalue weighted by Crippen LogP contribution is 2.28. The summed E-state index contributed by atoms with van der Waals surface area (Å²) in [4.78, 5) is 5.18. The Morgan fingerprint density at radius 3 is 2.61 bits per heavy atom. The Balaban J connectivity index is 2.42. The van der Waals surface area contributed by atoms with Crippen LogP contribution in [0.1, 0.15) is 16.1 Å². The van der Waals surface area contributed by atoms with E-state index in [1.165, 1.54) is 16.9 Å². The second kappa shape index (κ2) is 5.29. The van der Waals surface area contributed by atoms with Gasteiger partial charge in [0.2, 0.25) is 0 Å². The number of rotatable bonds is 4. The van der Waals surface area contributed by atoms with Crippen molar-refractivity contribution >= 4 is 17.2 Å². The summed E-state index contributed by atoms with van der Waals surface area (Å²) in [5.74, 6) is 0.0397. The fraction of sp³-hybridized carbons (Fsp3) is 0.231. The van der Waals surface area contributed by atoms with Crippen molar-refractivity contribution in [1.29, 1.82) is 5.41 Å². The van der Waals surface area contributed by atoms with Crippen LogP contribution in [0.4, 0.5) is 0 Å². The van der Waals surface area contributed by atoms with Crippen LogP contribution < -0.4 is 5.73 Å². The monoisotopic (exact) mass is 261 g/mol. The molecule has 0 saturated carbocycles. The smallest absolute Gasteiger partial charge is 0.135 e. The molecule has 2 aromatic rings. The number of hydrogen-bond acceptors (Lipinski definition) is 4. The Morgan fingerprint density at radius 2 is 2.06 bits per heavy atom. The molecule has 1 aromatic heterocycles. The van der Waals surface area contributed by atoms with Gasteiger partial charge in [-0.1, -0.05) is 29.8 Å². The molecule has 94 valence electrons. The molecule has 1 aromatic carbocycles. The molecule has 18 heavy (non-hydrogen) atoms. The van der Waals surface area contributed by atoms with E-state index in [2.05, 4.69) is 4.98 Å². The topological polar surface area (TPSA) is 72.0 Å². The Hall–Kier alpha value is -1.72. The van der Waals surface area contributed by atoms with Crippen LogP contribution in [-0.4, -0.2) is 17.9 Å². The Labute approximate surface area is 110 Å². The SMILES string of the molecule is COCc1nc(-c2ccc(C)cc2)sc1C(=N)N. The van der Waals surface area contributed by atoms with Crippen LogP contribution in [-0.2, 0) is 11.3 Å². The average molecular weight is 261 g/mol. The van der Waals surface area contributed by atoms with E-state index in [-0.39, 0.29) is 5.84 Å². The lowest BCUT2D eigenvalue weighted by molar-refractivity contribution is 0.182. The molecule has 1 heterocycles. The third-order valence-corrected chi connectivity index (χ3v) is 3.70. The first-order valence-electron chi connectivity index (χ1n) is 5.52. The number of benzene rings is 1. The summed E-state index contributed by atoms with van der Waals surface area (Å²) in [6.07, 6.45) is 0. The third-order valence-electron chi connectivity index (χ3n) is 2.52. The van der Waals surface area contributed by atoms with Crippen molar-refractivity contribution < 1.29 is 4.74 Å². The molecule has 0 fully saturated rings. The molecular weight excluding hydrogens is 246 g/mol. The number of ether oxygens (including phenoxy) is 1. The minimum Gasteiger partial charge on any atom is -0.383 e. The first-order chi connectivity index (χ1) is 8.61. The molecule has 0 atom stereocenters. The Kier molecular flexibility index (Phi) is 3.74. The van der Waals surface area contributed by atoms with Gasteiger partial charge in [0.05, 0.1) is 17.2 Å². The maximum absolute atomic E-state index is 7.56. The number of nitrogens with zero attached hydrogens (tertiary/aromatic N) is 1. The molecule has 5 heteroatoms. The molecule has 2 rings (SSSR count). The number of aromatic nitrogens is 1. The van der Waals surface area contributed by atoms with Crippen LogP contribution in [0.25, 0.3) is 10.6 Å². The van der Waals surface area contributed by atoms with Crippen molar-refractivity contribution in [2.45, 2.75) is 13.5 Å². The molecular formula is C13H15N3OS. The van der Waals surface area contributed by atoms with Crippen LogP contribution in [0.15, 0.2) is 24.3 Å². The van der Waals surface area contributed by atoms with E-state index in [4.69, 9.17) is 15.9 Å². The lowest BCUT2D eigenvalue weighted by Gasteiger charge is -1.97. The molecule has 0 spiro atoms. The van der Waals surface area contributed by atoms with Crippen molar-refractivity contribution in [3.8, 4) is 10.6 Å². The van der Waals surface area contributed by atoms with E-state index >= 15 is 0 Å². The molecule has 0 aliphatic heterocycles. The van der Waals surface area contributed by atoms with Crippen molar-refractivity contribution in [1.82, 2.24) is 4.98 Å². The van der Waals surface area contributed by atoms with Gasteiger partial charge in [0.1, 0.15) is 10.8 Å². The first kappa shape index (κ1) is 12.7. The van der Waals surface area contributed by atoms with Gasteiger partial charge in [-0.15, -0.1) is 11.3 Å². The summed E-state index contributed by atoms with van der Waals surface area (Å²) >= 11 is 1.43. The average Bonchev–Trinajstić information content (AvgIpc) is 2.75. The molecule has 0 aliphatic carbocycles. The summed E-state index contributed by atoms with van der Waals surface area (Å²) < 4.78 is 5.08. The Morgan fingerprint density at radius 1 is 1.39 bits per heavy atom. The van der Waals surface area contributed by atoms with E-state index in [0.717, 1.165) is 16.3 Å². The Bertz CT molecular complexity index is 560. The number of aryl methyl sites for hydroxylation is 1. The van der Waals surface area contributed by atoms with Gasteiger partial charge in [0, 0.05) is 12.7 Å². The van der Waals surface area contributed by atoms with Crippen LogP contribution in [0.3, 0.4) is 0 Å². The van der Waals surface area contributed by atoms with E-state index < -0.39 is 0 Å². The van der Waals surface area contributed by atoms with Crippen LogP contribution in [0, 0.1) is 12.3 Å². The highest BCUT2D eigenvalue weighted by atomic mass is 32.1. The van der Waals surface area contributed by atoms with Gasteiger partial charge in [-0.3, -0.25) is 5.41 Å². The van der Waals surface area contributed by atoms with Gasteiger partial charge < -0.3 is 10.5 Å². The lowest BCUT2D eigenvalue weighted by Crippen LogP contribution is -2.11. The lowest BCUT2D eigenvalue weighted by atomic mass is 10.2. The minimum atomic E-state index is 0.0397. The molecule has 0 saturated heterocycles. The fourth-order valence-corrected chi connectivity index (χ4v) is 2.55. The number of nitrogens with one attached hydrogen (secondary N) is 1. The molecule has 0 bridgehead atoms. The zero-order valence-electron chi connectivity index (χ0n) is 10.4. The number of thiazole rings is 1. The standard InChI is InChI=1S/C13H15N3OS/c1-8-3-5-9(6-4-8)13-16-10(7-17-2)11(18-13)12(14)15/h3-6H,7H2,1-2H3,(H3,14,15). The highest BCUT2D eigenvalue weighted by molar-refractivity contribution is 7.17.